The van der Waals surface area contributed by atoms with Gasteiger partial charge in [0.1, 0.15) is 5.76 Å². The molecule has 3 rings (SSSR count). The van der Waals surface area contributed by atoms with Gasteiger partial charge in [-0.1, -0.05) is 23.7 Å². The number of sulfonamides is 1. The summed E-state index contributed by atoms with van der Waals surface area (Å²) in [5, 5.41) is 6.04. The van der Waals surface area contributed by atoms with Crippen LogP contribution in [0.15, 0.2) is 82.3 Å². The van der Waals surface area contributed by atoms with Crippen molar-refractivity contribution in [3.05, 3.63) is 89.3 Å². The van der Waals surface area contributed by atoms with E-state index in [1.165, 1.54) is 24.5 Å². The van der Waals surface area contributed by atoms with Gasteiger partial charge in [-0.05, 0) is 72.4 Å². The van der Waals surface area contributed by atoms with Crippen molar-refractivity contribution < 1.29 is 17.6 Å². The van der Waals surface area contributed by atoms with Gasteiger partial charge in [-0.2, -0.15) is 0 Å². The van der Waals surface area contributed by atoms with Crippen molar-refractivity contribution in [3.8, 4) is 0 Å². The fourth-order valence-electron chi connectivity index (χ4n) is 2.44. The van der Waals surface area contributed by atoms with Crippen LogP contribution in [0.1, 0.15) is 11.3 Å². The highest BCUT2D eigenvalue weighted by Gasteiger charge is 2.14. The number of rotatable bonds is 7. The van der Waals surface area contributed by atoms with Crippen molar-refractivity contribution in [1.82, 2.24) is 10.0 Å². The van der Waals surface area contributed by atoms with Gasteiger partial charge >= 0.3 is 0 Å². The van der Waals surface area contributed by atoms with Gasteiger partial charge in [-0.3, -0.25) is 10.1 Å². The highest BCUT2D eigenvalue weighted by atomic mass is 35.5. The first-order valence-electron chi connectivity index (χ1n) is 8.99. The molecular formula is C21H18ClN3O4S2. The van der Waals surface area contributed by atoms with E-state index in [-0.39, 0.29) is 16.6 Å². The van der Waals surface area contributed by atoms with Crippen LogP contribution in [0.25, 0.3) is 6.08 Å². The molecule has 31 heavy (non-hydrogen) atoms. The fourth-order valence-corrected chi connectivity index (χ4v) is 3.78. The summed E-state index contributed by atoms with van der Waals surface area (Å²) in [5.74, 6) is 0.0989. The summed E-state index contributed by atoms with van der Waals surface area (Å²) >= 11 is 10.9. The Morgan fingerprint density at radius 3 is 2.42 bits per heavy atom. The maximum Gasteiger partial charge on any atom is 0.250 e. The fraction of sp³-hybridized carbons (Fsp3) is 0.0476. The number of furan rings is 1. The lowest BCUT2D eigenvalue weighted by molar-refractivity contribution is -0.115. The lowest BCUT2D eigenvalue weighted by Crippen LogP contribution is -2.32. The van der Waals surface area contributed by atoms with E-state index in [4.69, 9.17) is 28.2 Å². The first-order valence-corrected chi connectivity index (χ1v) is 11.3. The molecule has 1 heterocycles. The molecule has 10 heteroatoms. The van der Waals surface area contributed by atoms with Gasteiger partial charge in [-0.15, -0.1) is 0 Å². The van der Waals surface area contributed by atoms with E-state index in [9.17, 15) is 13.2 Å². The van der Waals surface area contributed by atoms with Crippen LogP contribution in [0.4, 0.5) is 5.69 Å². The van der Waals surface area contributed by atoms with Crippen LogP contribution < -0.4 is 15.4 Å². The van der Waals surface area contributed by atoms with Crippen molar-refractivity contribution in [3.63, 3.8) is 0 Å². The number of anilines is 1. The van der Waals surface area contributed by atoms with Crippen molar-refractivity contribution >= 4 is 56.6 Å². The summed E-state index contributed by atoms with van der Waals surface area (Å²) in [5.41, 5.74) is 1.34. The highest BCUT2D eigenvalue weighted by Crippen LogP contribution is 2.15. The van der Waals surface area contributed by atoms with Crippen molar-refractivity contribution in [2.45, 2.75) is 11.4 Å². The van der Waals surface area contributed by atoms with Gasteiger partial charge in [0, 0.05) is 16.8 Å². The molecule has 3 N–H and O–H groups in total. The maximum atomic E-state index is 12.3. The number of nitrogens with one attached hydrogen (secondary N) is 3. The summed E-state index contributed by atoms with van der Waals surface area (Å²) in [4.78, 5) is 12.1. The largest absolute Gasteiger partial charge is 0.468 e. The molecular weight excluding hydrogens is 458 g/mol. The standard InChI is InChI=1S/C21H18ClN3O4S2/c22-16-6-3-15(4-7-16)5-12-20(26)25-21(30)24-17-8-10-19(11-9-17)31(27,28)23-14-18-2-1-13-29-18/h1-13,23H,14H2,(H2,24,25,26,30)/b12-5+. The number of hydrogen-bond acceptors (Lipinski definition) is 5. The second kappa shape index (κ2) is 10.4. The average molecular weight is 476 g/mol. The molecule has 0 aliphatic carbocycles. The molecule has 1 amide bonds. The van der Waals surface area contributed by atoms with Crippen molar-refractivity contribution in [1.29, 1.82) is 0 Å². The van der Waals surface area contributed by atoms with Gasteiger partial charge in [0.2, 0.25) is 15.9 Å². The minimum Gasteiger partial charge on any atom is -0.468 e. The minimum atomic E-state index is -3.69. The zero-order valence-electron chi connectivity index (χ0n) is 16.0. The first kappa shape index (κ1) is 22.7. The molecule has 0 aliphatic rings. The summed E-state index contributed by atoms with van der Waals surface area (Å²) in [6.07, 6.45) is 4.44. The second-order valence-electron chi connectivity index (χ2n) is 6.26. The normalized spacial score (nSPS) is 11.4. The quantitative estimate of drug-likeness (QED) is 0.353. The molecule has 0 spiro atoms. The van der Waals surface area contributed by atoms with Crippen LogP contribution in [0, 0.1) is 0 Å². The van der Waals surface area contributed by atoms with Crippen LogP contribution in [0.3, 0.4) is 0 Å². The summed E-state index contributed by atoms with van der Waals surface area (Å²) in [7, 11) is -3.69. The van der Waals surface area contributed by atoms with Gasteiger partial charge in [-0.25, -0.2) is 13.1 Å². The third kappa shape index (κ3) is 7.04. The molecule has 0 atom stereocenters. The van der Waals surface area contributed by atoms with E-state index in [0.717, 1.165) is 5.56 Å². The van der Waals surface area contributed by atoms with Crippen LogP contribution in [0.2, 0.25) is 5.02 Å². The van der Waals surface area contributed by atoms with Gasteiger partial charge < -0.3 is 9.73 Å². The average Bonchev–Trinajstić information content (AvgIpc) is 3.26. The molecule has 7 nitrogen and oxygen atoms in total. The molecule has 0 fully saturated rings. The molecule has 0 saturated heterocycles. The van der Waals surface area contributed by atoms with E-state index < -0.39 is 15.9 Å². The number of carbonyl (C=O) groups excluding carboxylic acids is 1. The molecule has 0 bridgehead atoms. The van der Waals surface area contributed by atoms with E-state index >= 15 is 0 Å². The molecule has 1 aromatic heterocycles. The maximum absolute atomic E-state index is 12.3. The van der Waals surface area contributed by atoms with Gasteiger partial charge in [0.05, 0.1) is 17.7 Å². The Morgan fingerprint density at radius 2 is 1.77 bits per heavy atom. The number of halogens is 1. The predicted octanol–water partition coefficient (Wildman–Crippen LogP) is 3.94. The zero-order chi connectivity index (χ0) is 22.3. The van der Waals surface area contributed by atoms with Crippen LogP contribution >= 0.6 is 23.8 Å². The Morgan fingerprint density at radius 1 is 1.06 bits per heavy atom. The van der Waals surface area contributed by atoms with Crippen LogP contribution in [-0.4, -0.2) is 19.4 Å². The smallest absolute Gasteiger partial charge is 0.250 e. The molecule has 160 valence electrons. The monoisotopic (exact) mass is 475 g/mol. The Labute approximate surface area is 190 Å². The van der Waals surface area contributed by atoms with E-state index in [1.807, 2.05) is 0 Å². The molecule has 3 aromatic rings. The van der Waals surface area contributed by atoms with Gasteiger partial charge in [0.25, 0.3) is 0 Å². The molecule has 2 aromatic carbocycles. The summed E-state index contributed by atoms with van der Waals surface area (Å²) in [6, 6.07) is 16.3. The van der Waals surface area contributed by atoms with Crippen LogP contribution in [0.5, 0.6) is 0 Å². The Balaban J connectivity index is 1.52. The number of thiocarbonyl (C=S) groups is 1. The molecule has 0 unspecified atom stereocenters. The Kier molecular flexibility index (Phi) is 7.59. The lowest BCUT2D eigenvalue weighted by Gasteiger charge is -2.10. The van der Waals surface area contributed by atoms with Crippen molar-refractivity contribution in [2.24, 2.45) is 0 Å². The highest BCUT2D eigenvalue weighted by molar-refractivity contribution is 7.89. The van der Waals surface area contributed by atoms with E-state index in [0.29, 0.717) is 16.5 Å². The van der Waals surface area contributed by atoms with Crippen LogP contribution in [-0.2, 0) is 21.4 Å². The Bertz CT molecular complexity index is 1170. The second-order valence-corrected chi connectivity index (χ2v) is 8.87. The Hall–Kier alpha value is -2.98. The van der Waals surface area contributed by atoms with Gasteiger partial charge in [0.15, 0.2) is 5.11 Å². The van der Waals surface area contributed by atoms with E-state index in [2.05, 4.69) is 15.4 Å². The topological polar surface area (TPSA) is 100 Å². The third-order valence-electron chi connectivity index (χ3n) is 3.97. The third-order valence-corrected chi connectivity index (χ3v) is 5.85. The SMILES string of the molecule is O=C(/C=C/c1ccc(Cl)cc1)NC(=S)Nc1ccc(S(=O)(=O)NCc2ccco2)cc1. The lowest BCUT2D eigenvalue weighted by atomic mass is 10.2. The van der Waals surface area contributed by atoms with Crippen molar-refractivity contribution in [2.75, 3.05) is 5.32 Å². The predicted molar refractivity (Wildman–Crippen MR) is 124 cm³/mol. The number of carbonyl (C=O) groups is 1. The number of amides is 1. The zero-order valence-corrected chi connectivity index (χ0v) is 18.4. The summed E-state index contributed by atoms with van der Waals surface area (Å²) < 4.78 is 32.3. The molecule has 0 saturated carbocycles. The number of benzene rings is 2. The molecule has 0 aliphatic heterocycles. The van der Waals surface area contributed by atoms with E-state index in [1.54, 1.807) is 54.6 Å². The summed E-state index contributed by atoms with van der Waals surface area (Å²) in [6.45, 7) is 0.0506. The minimum absolute atomic E-state index is 0.0506. The molecule has 0 radical (unpaired) electrons. The number of hydrogen-bond donors (Lipinski definition) is 3. The first-order chi connectivity index (χ1) is 14.8.